The fourth-order valence-electron chi connectivity index (χ4n) is 5.91. The van der Waals surface area contributed by atoms with Crippen LogP contribution in [0.1, 0.15) is 51.1 Å². The lowest BCUT2D eigenvalue weighted by atomic mass is 10.0. The van der Waals surface area contributed by atoms with Gasteiger partial charge in [-0.3, -0.25) is 14.4 Å². The van der Waals surface area contributed by atoms with Crippen LogP contribution in [0.15, 0.2) is 30.9 Å². The molecule has 190 valence electrons. The number of ether oxygens (including phenoxy) is 2. The van der Waals surface area contributed by atoms with E-state index in [9.17, 15) is 4.79 Å². The molecule has 1 saturated carbocycles. The van der Waals surface area contributed by atoms with Gasteiger partial charge in [-0.2, -0.15) is 5.10 Å². The van der Waals surface area contributed by atoms with Crippen molar-refractivity contribution < 1.29 is 14.3 Å². The molecule has 36 heavy (non-hydrogen) atoms. The molecule has 3 aromatic rings. The van der Waals surface area contributed by atoms with Crippen molar-refractivity contribution in [3.63, 3.8) is 0 Å². The van der Waals surface area contributed by atoms with Crippen LogP contribution in [0.4, 0.5) is 0 Å². The maximum atomic E-state index is 11.8. The summed E-state index contributed by atoms with van der Waals surface area (Å²) >= 11 is 0. The first-order valence-electron chi connectivity index (χ1n) is 13.4. The van der Waals surface area contributed by atoms with E-state index < -0.39 is 0 Å². The van der Waals surface area contributed by atoms with Crippen LogP contribution >= 0.6 is 0 Å². The van der Waals surface area contributed by atoms with E-state index in [1.165, 1.54) is 12.8 Å². The summed E-state index contributed by atoms with van der Waals surface area (Å²) in [6, 6.07) is 5.85. The van der Waals surface area contributed by atoms with Gasteiger partial charge in [-0.25, -0.2) is 4.98 Å². The number of aromatic nitrogens is 4. The van der Waals surface area contributed by atoms with E-state index in [-0.39, 0.29) is 17.9 Å². The van der Waals surface area contributed by atoms with E-state index in [1.54, 1.807) is 0 Å². The maximum absolute atomic E-state index is 11.8. The summed E-state index contributed by atoms with van der Waals surface area (Å²) in [5, 5.41) is 7.70. The van der Waals surface area contributed by atoms with Gasteiger partial charge < -0.3 is 19.4 Å². The lowest BCUT2D eigenvalue weighted by molar-refractivity contribution is -0.119. The summed E-state index contributed by atoms with van der Waals surface area (Å²) in [6.07, 6.45) is 11.1. The zero-order valence-corrected chi connectivity index (χ0v) is 20.8. The number of amides is 1. The first-order valence-corrected chi connectivity index (χ1v) is 13.4. The normalized spacial score (nSPS) is 24.7. The SMILES string of the molecule is C[C@@H](Oc1cc(-c2cnn(C3CCN(C4COC4)CC3)c2)cc2ncn(C3CC3)c12)C1CNC(=O)C1. The Morgan fingerprint density at radius 2 is 1.92 bits per heavy atom. The average Bonchev–Trinajstić information content (AvgIpc) is 3.22. The Bertz CT molecular complexity index is 1270. The third-order valence-electron chi connectivity index (χ3n) is 8.51. The number of rotatable bonds is 7. The van der Waals surface area contributed by atoms with Crippen molar-refractivity contribution in [2.24, 2.45) is 5.92 Å². The molecule has 9 nitrogen and oxygen atoms in total. The van der Waals surface area contributed by atoms with Crippen LogP contribution in [0.5, 0.6) is 5.75 Å². The smallest absolute Gasteiger partial charge is 0.220 e. The van der Waals surface area contributed by atoms with Gasteiger partial charge in [0, 0.05) is 49.8 Å². The Labute approximate surface area is 210 Å². The molecule has 2 atom stereocenters. The lowest BCUT2D eigenvalue weighted by Gasteiger charge is -2.41. The number of benzene rings is 1. The zero-order valence-electron chi connectivity index (χ0n) is 20.8. The standard InChI is InChI=1S/C27H34N6O3/c1-17(19-10-26(34)28-11-19)36-25-9-18(8-24-27(25)32(16-29-24)21-2-3-21)20-12-30-33(13-20)22-4-6-31(7-5-22)23-14-35-15-23/h8-9,12-13,16-17,19,21-23H,2-7,10-11,14-15H2,1H3,(H,28,34)/t17-,19?/m1/s1. The van der Waals surface area contributed by atoms with E-state index in [0.717, 1.165) is 67.1 Å². The highest BCUT2D eigenvalue weighted by Gasteiger charge is 2.32. The molecule has 4 fully saturated rings. The van der Waals surface area contributed by atoms with Crippen LogP contribution in [0, 0.1) is 5.92 Å². The largest absolute Gasteiger partial charge is 0.488 e. The number of likely N-dealkylation sites (tertiary alicyclic amines) is 1. The second-order valence-electron chi connectivity index (χ2n) is 11.0. The Hall–Kier alpha value is -2.91. The topological polar surface area (TPSA) is 86.4 Å². The highest BCUT2D eigenvalue weighted by molar-refractivity contribution is 5.88. The number of piperidine rings is 1. The van der Waals surface area contributed by atoms with E-state index in [2.05, 4.69) is 44.7 Å². The molecule has 1 aromatic carbocycles. The molecule has 2 aromatic heterocycles. The van der Waals surface area contributed by atoms with Crippen molar-refractivity contribution in [2.75, 3.05) is 32.8 Å². The number of nitrogens with zero attached hydrogens (tertiary/aromatic N) is 5. The van der Waals surface area contributed by atoms with Gasteiger partial charge in [-0.05, 0) is 50.3 Å². The first kappa shape index (κ1) is 22.3. The molecule has 4 aliphatic rings. The fourth-order valence-corrected chi connectivity index (χ4v) is 5.91. The van der Waals surface area contributed by atoms with Gasteiger partial charge in [-0.1, -0.05) is 0 Å². The van der Waals surface area contributed by atoms with Gasteiger partial charge in [0.1, 0.15) is 17.4 Å². The van der Waals surface area contributed by atoms with Crippen LogP contribution in [0.25, 0.3) is 22.2 Å². The van der Waals surface area contributed by atoms with Crippen molar-refractivity contribution in [2.45, 2.75) is 63.3 Å². The van der Waals surface area contributed by atoms with Crippen molar-refractivity contribution in [3.05, 3.63) is 30.9 Å². The summed E-state index contributed by atoms with van der Waals surface area (Å²) in [7, 11) is 0. The van der Waals surface area contributed by atoms with Gasteiger partial charge in [0.2, 0.25) is 5.91 Å². The predicted molar refractivity (Wildman–Crippen MR) is 135 cm³/mol. The van der Waals surface area contributed by atoms with E-state index in [4.69, 9.17) is 19.6 Å². The molecule has 1 unspecified atom stereocenters. The van der Waals surface area contributed by atoms with Crippen molar-refractivity contribution in [1.82, 2.24) is 29.5 Å². The molecule has 3 saturated heterocycles. The Balaban J connectivity index is 1.15. The molecule has 7 rings (SSSR count). The maximum Gasteiger partial charge on any atom is 0.220 e. The minimum absolute atomic E-state index is 0.0704. The molecule has 3 aliphatic heterocycles. The molecule has 0 radical (unpaired) electrons. The fraction of sp³-hybridized carbons (Fsp3) is 0.593. The van der Waals surface area contributed by atoms with Gasteiger partial charge in [0.15, 0.2) is 0 Å². The summed E-state index contributed by atoms with van der Waals surface area (Å²) < 4.78 is 16.4. The Kier molecular flexibility index (Phi) is 5.50. The number of fused-ring (bicyclic) bond motifs is 1. The minimum Gasteiger partial charge on any atom is -0.488 e. The summed E-state index contributed by atoms with van der Waals surface area (Å²) in [6.45, 7) is 6.71. The number of nitrogens with one attached hydrogen (secondary N) is 1. The number of imidazole rings is 1. The van der Waals surface area contributed by atoms with Crippen LogP contribution in [0.2, 0.25) is 0 Å². The zero-order chi connectivity index (χ0) is 24.2. The summed E-state index contributed by atoms with van der Waals surface area (Å²) in [5.74, 6) is 1.13. The molecule has 1 N–H and O–H groups in total. The predicted octanol–water partition coefficient (Wildman–Crippen LogP) is 3.17. The highest BCUT2D eigenvalue weighted by atomic mass is 16.5. The van der Waals surface area contributed by atoms with Gasteiger partial charge >= 0.3 is 0 Å². The molecular formula is C27H34N6O3. The molecular weight excluding hydrogens is 456 g/mol. The molecule has 0 spiro atoms. The number of hydrogen-bond acceptors (Lipinski definition) is 6. The van der Waals surface area contributed by atoms with Gasteiger partial charge in [0.25, 0.3) is 0 Å². The van der Waals surface area contributed by atoms with Crippen LogP contribution in [-0.4, -0.2) is 75.1 Å². The first-order chi connectivity index (χ1) is 17.6. The monoisotopic (exact) mass is 490 g/mol. The number of carbonyl (C=O) groups excluding carboxylic acids is 1. The van der Waals surface area contributed by atoms with Crippen molar-refractivity contribution >= 4 is 16.9 Å². The third-order valence-corrected chi connectivity index (χ3v) is 8.51. The lowest BCUT2D eigenvalue weighted by Crippen LogP contribution is -2.51. The average molecular weight is 491 g/mol. The molecule has 1 amide bonds. The van der Waals surface area contributed by atoms with Gasteiger partial charge in [0.05, 0.1) is 43.3 Å². The van der Waals surface area contributed by atoms with Gasteiger partial charge in [-0.15, -0.1) is 0 Å². The number of hydrogen-bond donors (Lipinski definition) is 1. The van der Waals surface area contributed by atoms with E-state index in [0.29, 0.717) is 31.1 Å². The second-order valence-corrected chi connectivity index (χ2v) is 11.0. The van der Waals surface area contributed by atoms with E-state index >= 15 is 0 Å². The van der Waals surface area contributed by atoms with Crippen molar-refractivity contribution in [1.29, 1.82) is 0 Å². The Morgan fingerprint density at radius 1 is 1.08 bits per heavy atom. The third kappa shape index (κ3) is 4.08. The molecule has 1 aliphatic carbocycles. The quantitative estimate of drug-likeness (QED) is 0.548. The van der Waals surface area contributed by atoms with E-state index in [1.807, 2.05) is 12.5 Å². The molecule has 9 heteroatoms. The van der Waals surface area contributed by atoms with Crippen LogP contribution in [0.3, 0.4) is 0 Å². The van der Waals surface area contributed by atoms with Crippen LogP contribution < -0.4 is 10.1 Å². The summed E-state index contributed by atoms with van der Waals surface area (Å²) in [5.41, 5.74) is 4.17. The molecule has 5 heterocycles. The second kappa shape index (κ2) is 8.88. The summed E-state index contributed by atoms with van der Waals surface area (Å²) in [4.78, 5) is 19.1. The number of carbonyl (C=O) groups is 1. The minimum atomic E-state index is -0.0704. The Morgan fingerprint density at radius 3 is 2.61 bits per heavy atom. The van der Waals surface area contributed by atoms with Crippen molar-refractivity contribution in [3.8, 4) is 16.9 Å². The molecule has 0 bridgehead atoms. The van der Waals surface area contributed by atoms with Crippen LogP contribution in [-0.2, 0) is 9.53 Å². The highest BCUT2D eigenvalue weighted by Crippen LogP contribution is 2.42.